The van der Waals surface area contributed by atoms with E-state index >= 15 is 0 Å². The first-order valence-corrected chi connectivity index (χ1v) is 19.1. The van der Waals surface area contributed by atoms with Crippen LogP contribution in [0.25, 0.3) is 0 Å². The Morgan fingerprint density at radius 1 is 0.688 bits per heavy atom. The average Bonchev–Trinajstić information content (AvgIpc) is 3.56. The van der Waals surface area contributed by atoms with Crippen LogP contribution in [-0.2, 0) is 24.0 Å². The van der Waals surface area contributed by atoms with Crippen molar-refractivity contribution in [3.05, 3.63) is 0 Å². The monoisotopic (exact) mass is 680 g/mol. The molecule has 9 N–H and O–H groups in total. The summed E-state index contributed by atoms with van der Waals surface area (Å²) in [6.07, 6.45) is 21.0. The zero-order chi connectivity index (χ0) is 35.6. The zero-order valence-corrected chi connectivity index (χ0v) is 30.2. The standard InChI is InChI=1S/C36H69N7O5/c1-3-4-5-6-7-8-9-10-11-12-13-14-15-24-32(44)41-30(22-17-19-26-38)36(48)43-27-20-23-31(43)35(47)40-28(2)34(46)42-29(33(39)45)21-16-18-25-37/h28-31H,3-27,37-38H2,1-2H3,(H2,39,45)(H,40,47)(H,41,44)(H,42,46)/t28-,29-,30-,31-/m0/s1. The number of nitrogens with zero attached hydrogens (tertiary/aromatic N) is 1. The minimum Gasteiger partial charge on any atom is -0.368 e. The Morgan fingerprint density at radius 2 is 1.21 bits per heavy atom. The van der Waals surface area contributed by atoms with Gasteiger partial charge in [0.1, 0.15) is 24.2 Å². The number of rotatable bonds is 29. The number of carbonyl (C=O) groups is 5. The molecule has 0 aromatic heterocycles. The minimum atomic E-state index is -0.938. The van der Waals surface area contributed by atoms with Crippen LogP contribution in [0, 0.1) is 0 Å². The van der Waals surface area contributed by atoms with Gasteiger partial charge in [-0.25, -0.2) is 0 Å². The normalized spacial score (nSPS) is 16.2. The summed E-state index contributed by atoms with van der Waals surface area (Å²) in [5.74, 6) is -2.06. The van der Waals surface area contributed by atoms with Gasteiger partial charge in [-0.1, -0.05) is 84.0 Å². The molecule has 5 amide bonds. The van der Waals surface area contributed by atoms with E-state index in [0.717, 1.165) is 25.7 Å². The van der Waals surface area contributed by atoms with Crippen LogP contribution < -0.4 is 33.2 Å². The number of hydrogen-bond acceptors (Lipinski definition) is 7. The van der Waals surface area contributed by atoms with Gasteiger partial charge in [0.2, 0.25) is 29.5 Å². The van der Waals surface area contributed by atoms with Gasteiger partial charge in [-0.3, -0.25) is 24.0 Å². The average molecular weight is 680 g/mol. The Hall–Kier alpha value is -2.73. The van der Waals surface area contributed by atoms with E-state index < -0.39 is 41.9 Å². The predicted molar refractivity (Wildman–Crippen MR) is 192 cm³/mol. The van der Waals surface area contributed by atoms with E-state index in [9.17, 15) is 24.0 Å². The summed E-state index contributed by atoms with van der Waals surface area (Å²) in [5.41, 5.74) is 16.7. The van der Waals surface area contributed by atoms with Crippen LogP contribution in [0.5, 0.6) is 0 Å². The number of likely N-dealkylation sites (tertiary alicyclic amines) is 1. The molecule has 0 radical (unpaired) electrons. The van der Waals surface area contributed by atoms with Crippen molar-refractivity contribution in [3.63, 3.8) is 0 Å². The molecule has 278 valence electrons. The molecule has 12 nitrogen and oxygen atoms in total. The fourth-order valence-corrected chi connectivity index (χ4v) is 6.27. The van der Waals surface area contributed by atoms with Crippen molar-refractivity contribution in [1.82, 2.24) is 20.9 Å². The van der Waals surface area contributed by atoms with E-state index in [-0.39, 0.29) is 11.8 Å². The lowest BCUT2D eigenvalue weighted by molar-refractivity contribution is -0.142. The fourth-order valence-electron chi connectivity index (χ4n) is 6.27. The topological polar surface area (TPSA) is 203 Å². The highest BCUT2D eigenvalue weighted by Crippen LogP contribution is 2.21. The second-order valence-corrected chi connectivity index (χ2v) is 13.6. The molecule has 1 rings (SSSR count). The summed E-state index contributed by atoms with van der Waals surface area (Å²) in [6.45, 7) is 5.13. The number of hydrogen-bond donors (Lipinski definition) is 6. The number of nitrogens with one attached hydrogen (secondary N) is 3. The van der Waals surface area contributed by atoms with Crippen LogP contribution >= 0.6 is 0 Å². The Morgan fingerprint density at radius 3 is 1.73 bits per heavy atom. The van der Waals surface area contributed by atoms with Crippen molar-refractivity contribution in [3.8, 4) is 0 Å². The first kappa shape index (κ1) is 43.3. The van der Waals surface area contributed by atoms with Gasteiger partial charge in [0.05, 0.1) is 0 Å². The molecule has 0 bridgehead atoms. The van der Waals surface area contributed by atoms with Crippen molar-refractivity contribution in [2.45, 2.75) is 179 Å². The van der Waals surface area contributed by atoms with Crippen LogP contribution in [0.4, 0.5) is 0 Å². The summed E-state index contributed by atoms with van der Waals surface area (Å²) >= 11 is 0. The molecule has 48 heavy (non-hydrogen) atoms. The predicted octanol–water partition coefficient (Wildman–Crippen LogP) is 3.68. The lowest BCUT2D eigenvalue weighted by Gasteiger charge is -2.29. The van der Waals surface area contributed by atoms with Crippen LogP contribution in [0.1, 0.15) is 155 Å². The van der Waals surface area contributed by atoms with Gasteiger partial charge in [0.15, 0.2) is 0 Å². The van der Waals surface area contributed by atoms with Gasteiger partial charge in [-0.2, -0.15) is 0 Å². The third kappa shape index (κ3) is 18.7. The summed E-state index contributed by atoms with van der Waals surface area (Å²) in [7, 11) is 0. The number of primary amides is 1. The third-order valence-corrected chi connectivity index (χ3v) is 9.29. The van der Waals surface area contributed by atoms with E-state index in [1.54, 1.807) is 0 Å². The van der Waals surface area contributed by atoms with Crippen molar-refractivity contribution in [2.24, 2.45) is 17.2 Å². The first-order valence-electron chi connectivity index (χ1n) is 19.1. The third-order valence-electron chi connectivity index (χ3n) is 9.29. The molecule has 1 aliphatic heterocycles. The number of unbranched alkanes of at least 4 members (excludes halogenated alkanes) is 14. The van der Waals surface area contributed by atoms with Gasteiger partial charge in [0, 0.05) is 13.0 Å². The van der Waals surface area contributed by atoms with E-state index in [0.29, 0.717) is 71.0 Å². The van der Waals surface area contributed by atoms with E-state index in [2.05, 4.69) is 22.9 Å². The van der Waals surface area contributed by atoms with Crippen molar-refractivity contribution in [1.29, 1.82) is 0 Å². The summed E-state index contributed by atoms with van der Waals surface area (Å²) in [4.78, 5) is 66.0. The highest BCUT2D eigenvalue weighted by atomic mass is 16.2. The van der Waals surface area contributed by atoms with Crippen LogP contribution in [-0.4, -0.2) is 78.2 Å². The first-order chi connectivity index (χ1) is 23.2. The minimum absolute atomic E-state index is 0.148. The van der Waals surface area contributed by atoms with Gasteiger partial charge in [0.25, 0.3) is 0 Å². The molecule has 0 aliphatic carbocycles. The summed E-state index contributed by atoms with van der Waals surface area (Å²) in [6, 6.07) is -3.28. The molecule has 1 saturated heterocycles. The molecule has 1 aliphatic rings. The molecule has 0 unspecified atom stereocenters. The highest BCUT2D eigenvalue weighted by molar-refractivity contribution is 5.95. The summed E-state index contributed by atoms with van der Waals surface area (Å²) in [5, 5.41) is 8.26. The van der Waals surface area contributed by atoms with Gasteiger partial charge >= 0.3 is 0 Å². The van der Waals surface area contributed by atoms with Gasteiger partial charge in [-0.05, 0) is 77.8 Å². The van der Waals surface area contributed by atoms with Crippen molar-refractivity contribution in [2.75, 3.05) is 19.6 Å². The van der Waals surface area contributed by atoms with Crippen LogP contribution in [0.3, 0.4) is 0 Å². The fraction of sp³-hybridized carbons (Fsp3) is 0.861. The SMILES string of the molecule is CCCCCCCCCCCCCCCC(=O)N[C@@H](CCCCN)C(=O)N1CCC[C@H]1C(=O)N[C@@H](C)C(=O)N[C@@H](CCCCN)C(N)=O. The quantitative estimate of drug-likeness (QED) is 0.0647. The molecule has 12 heteroatoms. The molecule has 4 atom stereocenters. The Balaban J connectivity index is 2.56. The molecule has 0 aromatic carbocycles. The molecule has 0 saturated carbocycles. The second kappa shape index (κ2) is 27.1. The zero-order valence-electron chi connectivity index (χ0n) is 30.2. The second-order valence-electron chi connectivity index (χ2n) is 13.6. The number of amides is 5. The molecule has 0 spiro atoms. The largest absolute Gasteiger partial charge is 0.368 e. The lowest BCUT2D eigenvalue weighted by atomic mass is 10.0. The molecular weight excluding hydrogens is 610 g/mol. The smallest absolute Gasteiger partial charge is 0.245 e. The van der Waals surface area contributed by atoms with Crippen molar-refractivity contribution < 1.29 is 24.0 Å². The maximum Gasteiger partial charge on any atom is 0.245 e. The Labute approximate surface area is 290 Å². The van der Waals surface area contributed by atoms with Gasteiger partial charge < -0.3 is 38.1 Å². The highest BCUT2D eigenvalue weighted by Gasteiger charge is 2.38. The molecule has 1 heterocycles. The number of nitrogens with two attached hydrogens (primary N) is 3. The van der Waals surface area contributed by atoms with E-state index in [4.69, 9.17) is 17.2 Å². The summed E-state index contributed by atoms with van der Waals surface area (Å²) < 4.78 is 0. The van der Waals surface area contributed by atoms with E-state index in [1.807, 2.05) is 0 Å². The lowest BCUT2D eigenvalue weighted by Crippen LogP contribution is -2.57. The maximum absolute atomic E-state index is 13.7. The Bertz CT molecular complexity index is 934. The molecular formula is C36H69N7O5. The van der Waals surface area contributed by atoms with Crippen LogP contribution in [0.2, 0.25) is 0 Å². The Kier molecular flexibility index (Phi) is 24.5. The van der Waals surface area contributed by atoms with E-state index in [1.165, 1.54) is 76.0 Å². The van der Waals surface area contributed by atoms with Crippen LogP contribution in [0.15, 0.2) is 0 Å². The van der Waals surface area contributed by atoms with Crippen molar-refractivity contribution >= 4 is 29.5 Å². The molecule has 0 aromatic rings. The number of carbonyl (C=O) groups excluding carboxylic acids is 5. The maximum atomic E-state index is 13.7. The molecule has 1 fully saturated rings. The van der Waals surface area contributed by atoms with Gasteiger partial charge in [-0.15, -0.1) is 0 Å².